The second kappa shape index (κ2) is 8.55. The van der Waals surface area contributed by atoms with Crippen molar-refractivity contribution >= 4 is 11.6 Å². The number of benzene rings is 3. The Kier molecular flexibility index (Phi) is 5.67. The average molecular weight is 332 g/mol. The summed E-state index contributed by atoms with van der Waals surface area (Å²) in [7, 11) is 0. The van der Waals surface area contributed by atoms with Crippen LogP contribution in [0.4, 0.5) is 5.69 Å². The average Bonchev–Trinajstić information content (AvgIpc) is 2.67. The summed E-state index contributed by atoms with van der Waals surface area (Å²) in [6.45, 7) is 0.761. The van der Waals surface area contributed by atoms with Crippen LogP contribution in [0.3, 0.4) is 0 Å². The first-order valence-corrected chi connectivity index (χ1v) is 8.17. The molecule has 0 saturated heterocycles. The highest BCUT2D eigenvalue weighted by molar-refractivity contribution is 5.80. The molecule has 0 bridgehead atoms. The summed E-state index contributed by atoms with van der Waals surface area (Å²) in [5, 5.41) is 5.99. The van der Waals surface area contributed by atoms with Gasteiger partial charge in [0.2, 0.25) is 5.91 Å². The van der Waals surface area contributed by atoms with Gasteiger partial charge in [0.05, 0.1) is 6.54 Å². The zero-order valence-corrected chi connectivity index (χ0v) is 13.8. The Labute approximate surface area is 147 Å². The van der Waals surface area contributed by atoms with Crippen LogP contribution < -0.4 is 15.4 Å². The molecule has 0 unspecified atom stereocenters. The fourth-order valence-corrected chi connectivity index (χ4v) is 2.31. The molecule has 0 saturated carbocycles. The highest BCUT2D eigenvalue weighted by atomic mass is 16.5. The molecular formula is C21H20N2O2. The number of nitrogens with one attached hydrogen (secondary N) is 2. The largest absolute Gasteiger partial charge is 0.457 e. The van der Waals surface area contributed by atoms with Crippen molar-refractivity contribution < 1.29 is 9.53 Å². The monoisotopic (exact) mass is 332 g/mol. The third-order valence-corrected chi connectivity index (χ3v) is 3.62. The predicted octanol–water partition coefficient (Wildman–Crippen LogP) is 4.21. The van der Waals surface area contributed by atoms with Gasteiger partial charge < -0.3 is 15.4 Å². The quantitative estimate of drug-likeness (QED) is 0.681. The van der Waals surface area contributed by atoms with Gasteiger partial charge in [-0.05, 0) is 42.0 Å². The van der Waals surface area contributed by atoms with Crippen molar-refractivity contribution in [2.75, 3.05) is 11.9 Å². The summed E-state index contributed by atoms with van der Waals surface area (Å²) in [4.78, 5) is 11.9. The third-order valence-electron chi connectivity index (χ3n) is 3.62. The molecule has 126 valence electrons. The first-order chi connectivity index (χ1) is 12.3. The lowest BCUT2D eigenvalue weighted by atomic mass is 10.2. The zero-order valence-electron chi connectivity index (χ0n) is 13.8. The van der Waals surface area contributed by atoms with Crippen molar-refractivity contribution in [2.45, 2.75) is 6.54 Å². The van der Waals surface area contributed by atoms with Crippen LogP contribution in [0.25, 0.3) is 0 Å². The van der Waals surface area contributed by atoms with Gasteiger partial charge >= 0.3 is 0 Å². The van der Waals surface area contributed by atoms with Crippen LogP contribution >= 0.6 is 0 Å². The van der Waals surface area contributed by atoms with Crippen LogP contribution in [0.15, 0.2) is 84.9 Å². The van der Waals surface area contributed by atoms with Crippen LogP contribution in [-0.4, -0.2) is 12.5 Å². The van der Waals surface area contributed by atoms with Gasteiger partial charge in [0, 0.05) is 12.2 Å². The highest BCUT2D eigenvalue weighted by Gasteiger charge is 2.02. The Bertz CT molecular complexity index is 787. The molecule has 0 aliphatic heterocycles. The number of carbonyl (C=O) groups excluding carboxylic acids is 1. The van der Waals surface area contributed by atoms with E-state index in [-0.39, 0.29) is 12.5 Å². The van der Waals surface area contributed by atoms with Crippen molar-refractivity contribution in [2.24, 2.45) is 0 Å². The normalized spacial score (nSPS) is 10.1. The smallest absolute Gasteiger partial charge is 0.239 e. The SMILES string of the molecule is O=C(CNc1ccc(Oc2ccccc2)cc1)NCc1ccccc1. The molecule has 0 radical (unpaired) electrons. The Morgan fingerprint density at radius 3 is 2.04 bits per heavy atom. The number of para-hydroxylation sites is 1. The van der Waals surface area contributed by atoms with Crippen molar-refractivity contribution in [1.29, 1.82) is 0 Å². The van der Waals surface area contributed by atoms with E-state index in [9.17, 15) is 4.79 Å². The molecule has 1 amide bonds. The summed E-state index contributed by atoms with van der Waals surface area (Å²) in [5.74, 6) is 1.50. The van der Waals surface area contributed by atoms with Crippen LogP contribution in [0, 0.1) is 0 Å². The van der Waals surface area contributed by atoms with E-state index in [0.29, 0.717) is 6.54 Å². The van der Waals surface area contributed by atoms with E-state index in [1.54, 1.807) is 0 Å². The molecule has 2 N–H and O–H groups in total. The van der Waals surface area contributed by atoms with E-state index in [4.69, 9.17) is 4.74 Å². The minimum absolute atomic E-state index is 0.0477. The van der Waals surface area contributed by atoms with Crippen molar-refractivity contribution in [3.05, 3.63) is 90.5 Å². The van der Waals surface area contributed by atoms with Gasteiger partial charge in [0.25, 0.3) is 0 Å². The van der Waals surface area contributed by atoms with Gasteiger partial charge in [-0.25, -0.2) is 0 Å². The number of hydrogen-bond acceptors (Lipinski definition) is 3. The Hall–Kier alpha value is -3.27. The minimum atomic E-state index is -0.0477. The van der Waals surface area contributed by atoms with Crippen molar-refractivity contribution in [3.63, 3.8) is 0 Å². The molecule has 25 heavy (non-hydrogen) atoms. The molecule has 0 aliphatic carbocycles. The summed E-state index contributed by atoms with van der Waals surface area (Å²) in [5.41, 5.74) is 1.95. The van der Waals surface area contributed by atoms with E-state index >= 15 is 0 Å². The number of carbonyl (C=O) groups is 1. The molecule has 3 rings (SSSR count). The van der Waals surface area contributed by atoms with Crippen molar-refractivity contribution in [3.8, 4) is 11.5 Å². The van der Waals surface area contributed by atoms with E-state index < -0.39 is 0 Å². The summed E-state index contributed by atoms with van der Waals surface area (Å²) in [6, 6.07) is 27.0. The fourth-order valence-electron chi connectivity index (χ4n) is 2.31. The molecule has 0 spiro atoms. The third kappa shape index (κ3) is 5.39. The Morgan fingerprint density at radius 1 is 0.760 bits per heavy atom. The molecule has 3 aromatic carbocycles. The second-order valence-electron chi connectivity index (χ2n) is 5.56. The van der Waals surface area contributed by atoms with Crippen LogP contribution in [0.5, 0.6) is 11.5 Å². The molecular weight excluding hydrogens is 312 g/mol. The van der Waals surface area contributed by atoms with E-state index in [1.807, 2.05) is 84.9 Å². The minimum Gasteiger partial charge on any atom is -0.457 e. The molecule has 4 heteroatoms. The number of hydrogen-bond donors (Lipinski definition) is 2. The topological polar surface area (TPSA) is 50.4 Å². The number of rotatable bonds is 7. The lowest BCUT2D eigenvalue weighted by Gasteiger charge is -2.09. The van der Waals surface area contributed by atoms with Crippen molar-refractivity contribution in [1.82, 2.24) is 5.32 Å². The maximum absolute atomic E-state index is 11.9. The number of amides is 1. The number of ether oxygens (including phenoxy) is 1. The van der Waals surface area contributed by atoms with Crippen LogP contribution in [0.1, 0.15) is 5.56 Å². The summed E-state index contributed by atoms with van der Waals surface area (Å²) < 4.78 is 5.74. The van der Waals surface area contributed by atoms with E-state index in [0.717, 1.165) is 22.7 Å². The Morgan fingerprint density at radius 2 is 1.36 bits per heavy atom. The first-order valence-electron chi connectivity index (χ1n) is 8.17. The van der Waals surface area contributed by atoms with Gasteiger partial charge in [-0.3, -0.25) is 4.79 Å². The van der Waals surface area contributed by atoms with Gasteiger partial charge in [0.15, 0.2) is 0 Å². The predicted molar refractivity (Wildman–Crippen MR) is 99.7 cm³/mol. The lowest BCUT2D eigenvalue weighted by molar-refractivity contribution is -0.119. The molecule has 0 aliphatic rings. The fraction of sp³-hybridized carbons (Fsp3) is 0.0952. The standard InChI is InChI=1S/C21H20N2O2/c24-21(23-15-17-7-3-1-4-8-17)16-22-18-11-13-20(14-12-18)25-19-9-5-2-6-10-19/h1-14,22H,15-16H2,(H,23,24). The summed E-state index contributed by atoms with van der Waals surface area (Å²) in [6.07, 6.45) is 0. The zero-order chi connectivity index (χ0) is 17.3. The molecule has 0 aromatic heterocycles. The Balaban J connectivity index is 1.44. The maximum Gasteiger partial charge on any atom is 0.239 e. The lowest BCUT2D eigenvalue weighted by Crippen LogP contribution is -2.29. The molecule has 4 nitrogen and oxygen atoms in total. The molecule has 0 heterocycles. The van der Waals surface area contributed by atoms with Gasteiger partial charge in [-0.1, -0.05) is 48.5 Å². The van der Waals surface area contributed by atoms with Crippen LogP contribution in [-0.2, 0) is 11.3 Å². The first kappa shape index (κ1) is 16.6. The van der Waals surface area contributed by atoms with Gasteiger partial charge in [0.1, 0.15) is 11.5 Å². The van der Waals surface area contributed by atoms with E-state index in [1.165, 1.54) is 0 Å². The maximum atomic E-state index is 11.9. The highest BCUT2D eigenvalue weighted by Crippen LogP contribution is 2.22. The molecule has 0 fully saturated rings. The van der Waals surface area contributed by atoms with Gasteiger partial charge in [-0.15, -0.1) is 0 Å². The number of anilines is 1. The molecule has 3 aromatic rings. The second-order valence-corrected chi connectivity index (χ2v) is 5.56. The van der Waals surface area contributed by atoms with E-state index in [2.05, 4.69) is 10.6 Å². The van der Waals surface area contributed by atoms with Gasteiger partial charge in [-0.2, -0.15) is 0 Å². The van der Waals surface area contributed by atoms with Crippen LogP contribution in [0.2, 0.25) is 0 Å². The molecule has 0 atom stereocenters. The summed E-state index contributed by atoms with van der Waals surface area (Å²) >= 11 is 0.